The topological polar surface area (TPSA) is 90.3 Å². The van der Waals surface area contributed by atoms with E-state index >= 15 is 0 Å². The standard InChI is InChI=1S/C18H15N3O4S/c1-21-10-4-6-13(21)18(24)20-15(22)11-25-17(23)9-8-16-19-12-5-2-3-7-14(12)26-16/h2-10H,11H2,1H3,(H,20,22,24)/b9-8+. The van der Waals surface area contributed by atoms with Crippen LogP contribution in [0.3, 0.4) is 0 Å². The number of hydrogen-bond acceptors (Lipinski definition) is 6. The molecule has 3 rings (SSSR count). The molecular formula is C18H15N3O4S. The molecule has 26 heavy (non-hydrogen) atoms. The molecule has 2 aromatic heterocycles. The lowest BCUT2D eigenvalue weighted by Gasteiger charge is -2.05. The van der Waals surface area contributed by atoms with Crippen molar-refractivity contribution >= 4 is 45.4 Å². The monoisotopic (exact) mass is 369 g/mol. The molecule has 0 unspecified atom stereocenters. The van der Waals surface area contributed by atoms with Crippen LogP contribution in [-0.2, 0) is 21.4 Å². The van der Waals surface area contributed by atoms with Gasteiger partial charge < -0.3 is 9.30 Å². The summed E-state index contributed by atoms with van der Waals surface area (Å²) in [6.07, 6.45) is 4.41. The Bertz CT molecular complexity index is 970. The molecule has 132 valence electrons. The van der Waals surface area contributed by atoms with E-state index in [1.54, 1.807) is 29.9 Å². The van der Waals surface area contributed by atoms with Crippen LogP contribution in [0.1, 0.15) is 15.5 Å². The van der Waals surface area contributed by atoms with Gasteiger partial charge in [-0.1, -0.05) is 12.1 Å². The third-order valence-electron chi connectivity index (χ3n) is 3.45. The number of para-hydroxylation sites is 1. The lowest BCUT2D eigenvalue weighted by atomic mass is 10.3. The Hall–Kier alpha value is -3.26. The van der Waals surface area contributed by atoms with E-state index in [1.807, 2.05) is 24.3 Å². The molecule has 3 aromatic rings. The normalized spacial score (nSPS) is 11.0. The fraction of sp³-hybridized carbons (Fsp3) is 0.111. The summed E-state index contributed by atoms with van der Waals surface area (Å²) in [6, 6.07) is 10.9. The minimum atomic E-state index is -0.696. The molecule has 0 aliphatic carbocycles. The number of benzene rings is 1. The van der Waals surface area contributed by atoms with Crippen molar-refractivity contribution in [3.63, 3.8) is 0 Å². The van der Waals surface area contributed by atoms with Crippen molar-refractivity contribution < 1.29 is 19.1 Å². The number of fused-ring (bicyclic) bond motifs is 1. The molecule has 0 fully saturated rings. The van der Waals surface area contributed by atoms with Crippen LogP contribution in [0.25, 0.3) is 16.3 Å². The summed E-state index contributed by atoms with van der Waals surface area (Å²) in [5, 5.41) is 2.82. The summed E-state index contributed by atoms with van der Waals surface area (Å²) < 4.78 is 7.42. The van der Waals surface area contributed by atoms with E-state index in [1.165, 1.54) is 23.5 Å². The lowest BCUT2D eigenvalue weighted by Crippen LogP contribution is -2.34. The highest BCUT2D eigenvalue weighted by Crippen LogP contribution is 2.22. The summed E-state index contributed by atoms with van der Waals surface area (Å²) in [7, 11) is 1.69. The van der Waals surface area contributed by atoms with Crippen LogP contribution in [0, 0.1) is 0 Å². The average molecular weight is 369 g/mol. The number of aromatic nitrogens is 2. The van der Waals surface area contributed by atoms with E-state index in [0.29, 0.717) is 10.7 Å². The molecule has 0 atom stereocenters. The third kappa shape index (κ3) is 4.22. The molecule has 1 N–H and O–H groups in total. The van der Waals surface area contributed by atoms with Crippen LogP contribution < -0.4 is 5.32 Å². The Morgan fingerprint density at radius 3 is 2.77 bits per heavy atom. The summed E-state index contributed by atoms with van der Waals surface area (Å²) in [5.41, 5.74) is 1.18. The first kappa shape index (κ1) is 17.6. The maximum absolute atomic E-state index is 11.9. The zero-order chi connectivity index (χ0) is 18.5. The van der Waals surface area contributed by atoms with E-state index < -0.39 is 24.4 Å². The van der Waals surface area contributed by atoms with Crippen LogP contribution in [0.4, 0.5) is 0 Å². The van der Waals surface area contributed by atoms with Gasteiger partial charge in [0.05, 0.1) is 10.2 Å². The van der Waals surface area contributed by atoms with E-state index in [4.69, 9.17) is 4.74 Å². The molecule has 0 radical (unpaired) electrons. The Balaban J connectivity index is 1.49. The Morgan fingerprint density at radius 2 is 2.04 bits per heavy atom. The van der Waals surface area contributed by atoms with Crippen molar-refractivity contribution in [2.24, 2.45) is 7.05 Å². The van der Waals surface area contributed by atoms with Gasteiger partial charge in [0.25, 0.3) is 11.8 Å². The van der Waals surface area contributed by atoms with Crippen LogP contribution >= 0.6 is 11.3 Å². The largest absolute Gasteiger partial charge is 0.452 e. The van der Waals surface area contributed by atoms with Crippen molar-refractivity contribution in [2.45, 2.75) is 0 Å². The minimum Gasteiger partial charge on any atom is -0.452 e. The highest BCUT2D eigenvalue weighted by Gasteiger charge is 2.13. The van der Waals surface area contributed by atoms with E-state index in [2.05, 4.69) is 10.3 Å². The SMILES string of the molecule is Cn1cccc1C(=O)NC(=O)COC(=O)/C=C/c1nc2ccccc2s1. The summed E-state index contributed by atoms with van der Waals surface area (Å²) in [6.45, 7) is -0.542. The Morgan fingerprint density at radius 1 is 1.23 bits per heavy atom. The predicted octanol–water partition coefficient (Wildman–Crippen LogP) is 2.15. The molecule has 1 aromatic carbocycles. The number of carbonyl (C=O) groups excluding carboxylic acids is 3. The Labute approximate surface area is 152 Å². The van der Waals surface area contributed by atoms with Crippen LogP contribution in [0.2, 0.25) is 0 Å². The fourth-order valence-corrected chi connectivity index (χ4v) is 3.08. The average Bonchev–Trinajstić information content (AvgIpc) is 3.23. The molecule has 2 amide bonds. The quantitative estimate of drug-likeness (QED) is 0.550. The molecule has 0 bridgehead atoms. The van der Waals surface area contributed by atoms with Crippen molar-refractivity contribution in [3.05, 3.63) is 59.4 Å². The molecule has 8 heteroatoms. The fourth-order valence-electron chi connectivity index (χ4n) is 2.21. The van der Waals surface area contributed by atoms with Crippen molar-refractivity contribution in [1.29, 1.82) is 0 Å². The number of esters is 1. The molecule has 0 saturated carbocycles. The van der Waals surface area contributed by atoms with Gasteiger partial charge in [-0.15, -0.1) is 11.3 Å². The zero-order valence-corrected chi connectivity index (χ0v) is 14.7. The van der Waals surface area contributed by atoms with Gasteiger partial charge in [0.1, 0.15) is 10.7 Å². The van der Waals surface area contributed by atoms with Crippen LogP contribution in [0.5, 0.6) is 0 Å². The molecule has 0 saturated heterocycles. The molecule has 0 aliphatic rings. The van der Waals surface area contributed by atoms with Gasteiger partial charge in [0.2, 0.25) is 0 Å². The number of ether oxygens (including phenoxy) is 1. The predicted molar refractivity (Wildman–Crippen MR) is 97.5 cm³/mol. The molecule has 7 nitrogen and oxygen atoms in total. The third-order valence-corrected chi connectivity index (χ3v) is 4.45. The highest BCUT2D eigenvalue weighted by molar-refractivity contribution is 7.19. The van der Waals surface area contributed by atoms with Gasteiger partial charge in [-0.25, -0.2) is 9.78 Å². The zero-order valence-electron chi connectivity index (χ0n) is 13.8. The van der Waals surface area contributed by atoms with Crippen LogP contribution in [-0.4, -0.2) is 33.9 Å². The summed E-state index contributed by atoms with van der Waals surface area (Å²) in [4.78, 5) is 39.6. The van der Waals surface area contributed by atoms with Gasteiger partial charge in [0.15, 0.2) is 6.61 Å². The number of thiazole rings is 1. The first-order chi connectivity index (χ1) is 12.5. The number of nitrogens with zero attached hydrogens (tertiary/aromatic N) is 2. The maximum atomic E-state index is 11.9. The first-order valence-electron chi connectivity index (χ1n) is 7.69. The number of imide groups is 1. The number of rotatable bonds is 5. The Kier molecular flexibility index (Phi) is 5.23. The van der Waals surface area contributed by atoms with Crippen molar-refractivity contribution in [1.82, 2.24) is 14.9 Å². The maximum Gasteiger partial charge on any atom is 0.331 e. The first-order valence-corrected chi connectivity index (χ1v) is 8.50. The molecule has 2 heterocycles. The second kappa shape index (κ2) is 7.75. The number of hydrogen-bond donors (Lipinski definition) is 1. The number of amides is 2. The number of carbonyl (C=O) groups is 3. The summed E-state index contributed by atoms with van der Waals surface area (Å²) >= 11 is 1.44. The number of nitrogens with one attached hydrogen (secondary N) is 1. The van der Waals surface area contributed by atoms with Crippen LogP contribution in [0.15, 0.2) is 48.7 Å². The van der Waals surface area contributed by atoms with E-state index in [0.717, 1.165) is 10.2 Å². The number of aryl methyl sites for hydroxylation is 1. The molecule has 0 spiro atoms. The van der Waals surface area contributed by atoms with Gasteiger partial charge in [-0.3, -0.25) is 14.9 Å². The smallest absolute Gasteiger partial charge is 0.331 e. The van der Waals surface area contributed by atoms with E-state index in [-0.39, 0.29) is 0 Å². The molecular weight excluding hydrogens is 354 g/mol. The summed E-state index contributed by atoms with van der Waals surface area (Å²) in [5.74, 6) is -1.94. The highest BCUT2D eigenvalue weighted by atomic mass is 32.1. The van der Waals surface area contributed by atoms with Gasteiger partial charge in [-0.05, 0) is 30.3 Å². The van der Waals surface area contributed by atoms with E-state index in [9.17, 15) is 14.4 Å². The second-order valence-electron chi connectivity index (χ2n) is 5.34. The van der Waals surface area contributed by atoms with Gasteiger partial charge >= 0.3 is 5.97 Å². The van der Waals surface area contributed by atoms with Crippen molar-refractivity contribution in [3.8, 4) is 0 Å². The van der Waals surface area contributed by atoms with Gasteiger partial charge in [0, 0.05) is 19.3 Å². The lowest BCUT2D eigenvalue weighted by molar-refractivity contribution is -0.143. The van der Waals surface area contributed by atoms with Gasteiger partial charge in [-0.2, -0.15) is 0 Å². The van der Waals surface area contributed by atoms with Crippen molar-refractivity contribution in [2.75, 3.05) is 6.61 Å². The second-order valence-corrected chi connectivity index (χ2v) is 6.40. The molecule has 0 aliphatic heterocycles. The minimum absolute atomic E-state index is 0.334.